The third kappa shape index (κ3) is 1.54. The number of hydrogen-bond acceptors (Lipinski definition) is 4. The Labute approximate surface area is 81.9 Å². The van der Waals surface area contributed by atoms with Crippen LogP contribution in [0.5, 0.6) is 0 Å². The summed E-state index contributed by atoms with van der Waals surface area (Å²) < 4.78 is 0. The van der Waals surface area contributed by atoms with Crippen molar-refractivity contribution in [1.82, 2.24) is 15.0 Å². The van der Waals surface area contributed by atoms with Gasteiger partial charge < -0.3 is 5.73 Å². The van der Waals surface area contributed by atoms with Crippen molar-refractivity contribution < 1.29 is 0 Å². The lowest BCUT2D eigenvalue weighted by Gasteiger charge is -2.02. The van der Waals surface area contributed by atoms with Crippen molar-refractivity contribution in [2.45, 2.75) is 6.92 Å². The van der Waals surface area contributed by atoms with Gasteiger partial charge in [-0.3, -0.25) is 0 Å². The van der Waals surface area contributed by atoms with E-state index in [4.69, 9.17) is 5.73 Å². The fraction of sp³-hybridized carbons (Fsp3) is 0.100. The van der Waals surface area contributed by atoms with E-state index in [0.29, 0.717) is 5.82 Å². The van der Waals surface area contributed by atoms with Gasteiger partial charge in [-0.2, -0.15) is 0 Å². The lowest BCUT2D eigenvalue weighted by Crippen LogP contribution is -1.92. The summed E-state index contributed by atoms with van der Waals surface area (Å²) in [7, 11) is 0. The van der Waals surface area contributed by atoms with E-state index in [1.165, 1.54) is 12.7 Å². The molecule has 1 aromatic carbocycles. The Morgan fingerprint density at radius 3 is 2.50 bits per heavy atom. The predicted octanol–water partition coefficient (Wildman–Crippen LogP) is 1.43. The van der Waals surface area contributed by atoms with Crippen LogP contribution in [0, 0.1) is 6.92 Å². The summed E-state index contributed by atoms with van der Waals surface area (Å²) in [4.78, 5) is 11.9. The molecule has 0 saturated carbocycles. The monoisotopic (exact) mass is 186 g/mol. The number of hydrogen-bond donors (Lipinski definition) is 1. The van der Waals surface area contributed by atoms with Crippen LogP contribution in [0.15, 0.2) is 30.9 Å². The standard InChI is InChI=1S/C10H10N4/c1-7-4-8(2-3-9(7)11)10-13-5-12-6-14-10/h2-6H,11H2,1H3. The van der Waals surface area contributed by atoms with Crippen LogP contribution in [0.2, 0.25) is 0 Å². The molecule has 2 rings (SSSR count). The van der Waals surface area contributed by atoms with E-state index in [9.17, 15) is 0 Å². The second-order valence-electron chi connectivity index (χ2n) is 3.03. The molecule has 0 amide bonds. The van der Waals surface area contributed by atoms with E-state index in [1.807, 2.05) is 25.1 Å². The van der Waals surface area contributed by atoms with Crippen molar-refractivity contribution >= 4 is 5.69 Å². The van der Waals surface area contributed by atoms with Crippen LogP contribution >= 0.6 is 0 Å². The molecule has 0 aliphatic heterocycles. The zero-order valence-electron chi connectivity index (χ0n) is 7.81. The van der Waals surface area contributed by atoms with E-state index in [-0.39, 0.29) is 0 Å². The molecular formula is C10H10N4. The molecule has 14 heavy (non-hydrogen) atoms. The van der Waals surface area contributed by atoms with Crippen molar-refractivity contribution in [3.8, 4) is 11.4 Å². The molecular weight excluding hydrogens is 176 g/mol. The molecule has 0 aliphatic carbocycles. The number of nitrogens with zero attached hydrogens (tertiary/aromatic N) is 3. The predicted molar refractivity (Wildman–Crippen MR) is 54.4 cm³/mol. The van der Waals surface area contributed by atoms with Gasteiger partial charge in [-0.25, -0.2) is 15.0 Å². The van der Waals surface area contributed by atoms with E-state index >= 15 is 0 Å². The summed E-state index contributed by atoms with van der Waals surface area (Å²) in [5, 5.41) is 0. The van der Waals surface area contributed by atoms with Gasteiger partial charge in [-0.05, 0) is 30.7 Å². The zero-order chi connectivity index (χ0) is 9.97. The molecule has 1 heterocycles. The number of anilines is 1. The molecule has 0 spiro atoms. The Morgan fingerprint density at radius 2 is 1.86 bits per heavy atom. The first kappa shape index (κ1) is 8.62. The fourth-order valence-corrected chi connectivity index (χ4v) is 1.20. The van der Waals surface area contributed by atoms with Crippen LogP contribution in [-0.2, 0) is 0 Å². The molecule has 2 N–H and O–H groups in total. The van der Waals surface area contributed by atoms with Crippen molar-refractivity contribution in [2.24, 2.45) is 0 Å². The second kappa shape index (κ2) is 3.41. The van der Waals surface area contributed by atoms with Crippen molar-refractivity contribution in [3.63, 3.8) is 0 Å². The third-order valence-corrected chi connectivity index (χ3v) is 2.02. The van der Waals surface area contributed by atoms with E-state index in [1.54, 1.807) is 0 Å². The van der Waals surface area contributed by atoms with Gasteiger partial charge in [0.25, 0.3) is 0 Å². The van der Waals surface area contributed by atoms with Crippen LogP contribution in [0.3, 0.4) is 0 Å². The number of aryl methyl sites for hydroxylation is 1. The highest BCUT2D eigenvalue weighted by molar-refractivity contribution is 5.61. The van der Waals surface area contributed by atoms with Gasteiger partial charge >= 0.3 is 0 Å². The minimum Gasteiger partial charge on any atom is -0.399 e. The molecule has 0 bridgehead atoms. The Bertz CT molecular complexity index is 439. The molecule has 4 heteroatoms. The highest BCUT2D eigenvalue weighted by atomic mass is 15.0. The van der Waals surface area contributed by atoms with Crippen molar-refractivity contribution in [2.75, 3.05) is 5.73 Å². The average Bonchev–Trinajstić information content (AvgIpc) is 2.23. The molecule has 4 nitrogen and oxygen atoms in total. The first-order valence-corrected chi connectivity index (χ1v) is 4.26. The van der Waals surface area contributed by atoms with Gasteiger partial charge in [-0.15, -0.1) is 0 Å². The van der Waals surface area contributed by atoms with Crippen molar-refractivity contribution in [1.29, 1.82) is 0 Å². The fourth-order valence-electron chi connectivity index (χ4n) is 1.20. The SMILES string of the molecule is Cc1cc(-c2ncncn2)ccc1N. The van der Waals surface area contributed by atoms with Crippen molar-refractivity contribution in [3.05, 3.63) is 36.4 Å². The number of rotatable bonds is 1. The molecule has 2 aromatic rings. The first-order valence-electron chi connectivity index (χ1n) is 4.26. The quantitative estimate of drug-likeness (QED) is 0.684. The summed E-state index contributed by atoms with van der Waals surface area (Å²) in [6.07, 6.45) is 2.96. The molecule has 0 atom stereocenters. The van der Waals surface area contributed by atoms with E-state index < -0.39 is 0 Å². The largest absolute Gasteiger partial charge is 0.399 e. The molecule has 0 radical (unpaired) electrons. The van der Waals surface area contributed by atoms with Gasteiger partial charge in [0.05, 0.1) is 0 Å². The molecule has 0 fully saturated rings. The molecule has 70 valence electrons. The maximum absolute atomic E-state index is 5.71. The minimum absolute atomic E-state index is 0.670. The van der Waals surface area contributed by atoms with Crippen LogP contribution < -0.4 is 5.73 Å². The highest BCUT2D eigenvalue weighted by Crippen LogP contribution is 2.19. The van der Waals surface area contributed by atoms with E-state index in [2.05, 4.69) is 15.0 Å². The number of aromatic nitrogens is 3. The number of benzene rings is 1. The highest BCUT2D eigenvalue weighted by Gasteiger charge is 2.01. The Hall–Kier alpha value is -1.97. The maximum atomic E-state index is 5.71. The summed E-state index contributed by atoms with van der Waals surface area (Å²) in [6, 6.07) is 5.72. The van der Waals surface area contributed by atoms with Gasteiger partial charge in [0.2, 0.25) is 0 Å². The van der Waals surface area contributed by atoms with Gasteiger partial charge in [0.15, 0.2) is 5.82 Å². The van der Waals surface area contributed by atoms with Crippen LogP contribution in [0.1, 0.15) is 5.56 Å². The van der Waals surface area contributed by atoms with Crippen LogP contribution in [-0.4, -0.2) is 15.0 Å². The van der Waals surface area contributed by atoms with Gasteiger partial charge in [0.1, 0.15) is 12.7 Å². The zero-order valence-corrected chi connectivity index (χ0v) is 7.81. The Kier molecular flexibility index (Phi) is 2.10. The van der Waals surface area contributed by atoms with Gasteiger partial charge in [0, 0.05) is 11.3 Å². The molecule has 0 saturated heterocycles. The Balaban J connectivity index is 2.48. The lowest BCUT2D eigenvalue weighted by atomic mass is 10.1. The molecule has 0 aliphatic rings. The maximum Gasteiger partial charge on any atom is 0.162 e. The topological polar surface area (TPSA) is 64.7 Å². The van der Waals surface area contributed by atoms with Crippen LogP contribution in [0.4, 0.5) is 5.69 Å². The smallest absolute Gasteiger partial charge is 0.162 e. The summed E-state index contributed by atoms with van der Waals surface area (Å²) in [5.41, 5.74) is 8.48. The summed E-state index contributed by atoms with van der Waals surface area (Å²) >= 11 is 0. The van der Waals surface area contributed by atoms with Crippen LogP contribution in [0.25, 0.3) is 11.4 Å². The average molecular weight is 186 g/mol. The normalized spacial score (nSPS) is 10.1. The molecule has 0 unspecified atom stereocenters. The summed E-state index contributed by atoms with van der Waals surface area (Å²) in [5.74, 6) is 0.670. The first-order chi connectivity index (χ1) is 6.77. The van der Waals surface area contributed by atoms with E-state index in [0.717, 1.165) is 16.8 Å². The lowest BCUT2D eigenvalue weighted by molar-refractivity contribution is 1.06. The summed E-state index contributed by atoms with van der Waals surface area (Å²) in [6.45, 7) is 1.96. The number of nitrogens with two attached hydrogens (primary N) is 1. The molecule has 1 aromatic heterocycles. The number of nitrogen functional groups attached to an aromatic ring is 1. The van der Waals surface area contributed by atoms with Gasteiger partial charge in [-0.1, -0.05) is 0 Å². The Morgan fingerprint density at radius 1 is 1.14 bits per heavy atom. The third-order valence-electron chi connectivity index (χ3n) is 2.02. The second-order valence-corrected chi connectivity index (χ2v) is 3.03. The minimum atomic E-state index is 0.670.